The number of rotatable bonds is 7. The molecule has 3 heterocycles. The number of H-pyrrole nitrogens is 1. The van der Waals surface area contributed by atoms with E-state index >= 15 is 0 Å². The van der Waals surface area contributed by atoms with Crippen LogP contribution in [0, 0.1) is 5.92 Å². The number of nitrogens with one attached hydrogen (secondary N) is 2. The zero-order valence-corrected chi connectivity index (χ0v) is 14.3. The minimum absolute atomic E-state index is 0.0595. The van der Waals surface area contributed by atoms with Crippen LogP contribution in [0.2, 0.25) is 0 Å². The molecule has 24 heavy (non-hydrogen) atoms. The molecule has 0 radical (unpaired) electrons. The lowest BCUT2D eigenvalue weighted by Crippen LogP contribution is -2.45. The molecule has 3 rings (SSSR count). The van der Waals surface area contributed by atoms with Crippen LogP contribution in [0.5, 0.6) is 0 Å². The Balaban J connectivity index is 1.44. The molecular formula is C16H27N5O3. The number of hydrogen-bond donors (Lipinski definition) is 2. The van der Waals surface area contributed by atoms with Crippen molar-refractivity contribution >= 4 is 5.91 Å². The lowest BCUT2D eigenvalue weighted by atomic mass is 10.1. The molecule has 134 valence electrons. The molecule has 0 aliphatic carbocycles. The van der Waals surface area contributed by atoms with Gasteiger partial charge in [-0.3, -0.25) is 14.8 Å². The van der Waals surface area contributed by atoms with Crippen molar-refractivity contribution in [3.63, 3.8) is 0 Å². The Morgan fingerprint density at radius 1 is 1.46 bits per heavy atom. The molecule has 0 aromatic carbocycles. The van der Waals surface area contributed by atoms with Crippen LogP contribution in [-0.2, 0) is 20.7 Å². The number of ether oxygens (including phenoxy) is 2. The van der Waals surface area contributed by atoms with E-state index < -0.39 is 0 Å². The van der Waals surface area contributed by atoms with E-state index in [1.807, 2.05) is 0 Å². The fraction of sp³-hybridized carbons (Fsp3) is 0.812. The number of nitrogens with zero attached hydrogens (tertiary/aromatic N) is 3. The quantitative estimate of drug-likeness (QED) is 0.743. The number of aromatic amines is 1. The second-order valence-electron chi connectivity index (χ2n) is 6.52. The summed E-state index contributed by atoms with van der Waals surface area (Å²) < 4.78 is 11.1. The smallest absolute Gasteiger partial charge is 0.234 e. The maximum absolute atomic E-state index is 12.1. The molecule has 8 heteroatoms. The molecular weight excluding hydrogens is 310 g/mol. The Morgan fingerprint density at radius 2 is 2.38 bits per heavy atom. The van der Waals surface area contributed by atoms with Gasteiger partial charge < -0.3 is 14.8 Å². The molecule has 1 amide bonds. The largest absolute Gasteiger partial charge is 0.381 e. The molecule has 2 atom stereocenters. The minimum atomic E-state index is -0.170. The van der Waals surface area contributed by atoms with E-state index in [1.54, 1.807) is 0 Å². The summed E-state index contributed by atoms with van der Waals surface area (Å²) in [5.74, 6) is 2.09. The minimum Gasteiger partial charge on any atom is -0.381 e. The maximum Gasteiger partial charge on any atom is 0.234 e. The Morgan fingerprint density at radius 3 is 3.17 bits per heavy atom. The molecule has 2 aliphatic rings. The maximum atomic E-state index is 12.1. The first-order valence-corrected chi connectivity index (χ1v) is 8.84. The molecule has 1 aromatic rings. The molecule has 8 nitrogen and oxygen atoms in total. The molecule has 0 saturated carbocycles. The van der Waals surface area contributed by atoms with E-state index in [9.17, 15) is 4.79 Å². The molecule has 0 spiro atoms. The predicted molar refractivity (Wildman–Crippen MR) is 87.4 cm³/mol. The van der Waals surface area contributed by atoms with Gasteiger partial charge in [0.15, 0.2) is 5.82 Å². The van der Waals surface area contributed by atoms with Crippen molar-refractivity contribution in [1.82, 2.24) is 25.4 Å². The summed E-state index contributed by atoms with van der Waals surface area (Å²) in [7, 11) is 0. The summed E-state index contributed by atoms with van der Waals surface area (Å²) in [6, 6.07) is 0. The van der Waals surface area contributed by atoms with Crippen LogP contribution in [0.15, 0.2) is 0 Å². The van der Waals surface area contributed by atoms with Crippen molar-refractivity contribution in [1.29, 1.82) is 0 Å². The van der Waals surface area contributed by atoms with Crippen LogP contribution in [0.3, 0.4) is 0 Å². The van der Waals surface area contributed by atoms with Gasteiger partial charge in [-0.2, -0.15) is 5.10 Å². The third-order valence-electron chi connectivity index (χ3n) is 4.45. The first kappa shape index (κ1) is 17.3. The summed E-state index contributed by atoms with van der Waals surface area (Å²) in [6.45, 7) is 6.75. The lowest BCUT2D eigenvalue weighted by Gasteiger charge is -2.31. The number of carbonyl (C=O) groups is 1. The standard InChI is InChI=1S/C16H27N5O3/c1-2-3-14-18-16(20-19-14)13-9-21(5-7-24-13)10-15(22)17-8-12-4-6-23-11-12/h12-13H,2-11H2,1H3,(H,17,22)(H,18,19,20)/t12-,13+/m0/s1. The normalized spacial score (nSPS) is 25.0. The van der Waals surface area contributed by atoms with Gasteiger partial charge in [0.1, 0.15) is 11.9 Å². The van der Waals surface area contributed by atoms with Gasteiger partial charge in [-0.1, -0.05) is 6.92 Å². The molecule has 2 fully saturated rings. The Labute approximate surface area is 142 Å². The van der Waals surface area contributed by atoms with Gasteiger partial charge in [-0.25, -0.2) is 4.98 Å². The van der Waals surface area contributed by atoms with Gasteiger partial charge in [-0.15, -0.1) is 0 Å². The van der Waals surface area contributed by atoms with Crippen molar-refractivity contribution in [2.45, 2.75) is 32.3 Å². The van der Waals surface area contributed by atoms with E-state index in [0.717, 1.165) is 44.8 Å². The molecule has 2 aliphatic heterocycles. The highest BCUT2D eigenvalue weighted by Gasteiger charge is 2.26. The lowest BCUT2D eigenvalue weighted by molar-refractivity contribution is -0.124. The van der Waals surface area contributed by atoms with Crippen LogP contribution >= 0.6 is 0 Å². The zero-order chi connectivity index (χ0) is 16.8. The summed E-state index contributed by atoms with van der Waals surface area (Å²) in [5, 5.41) is 10.2. The van der Waals surface area contributed by atoms with E-state index in [-0.39, 0.29) is 12.0 Å². The van der Waals surface area contributed by atoms with Crippen LogP contribution in [0.1, 0.15) is 37.5 Å². The average Bonchev–Trinajstić information content (AvgIpc) is 3.25. The van der Waals surface area contributed by atoms with Crippen molar-refractivity contribution in [2.75, 3.05) is 46.0 Å². The van der Waals surface area contributed by atoms with Crippen LogP contribution < -0.4 is 5.32 Å². The third kappa shape index (κ3) is 4.75. The number of hydrogen-bond acceptors (Lipinski definition) is 6. The van der Waals surface area contributed by atoms with Gasteiger partial charge in [0.2, 0.25) is 5.91 Å². The first-order chi connectivity index (χ1) is 11.7. The highest BCUT2D eigenvalue weighted by Crippen LogP contribution is 2.19. The van der Waals surface area contributed by atoms with Gasteiger partial charge in [0.05, 0.1) is 19.8 Å². The highest BCUT2D eigenvalue weighted by molar-refractivity contribution is 5.78. The molecule has 0 unspecified atom stereocenters. The highest BCUT2D eigenvalue weighted by atomic mass is 16.5. The van der Waals surface area contributed by atoms with Crippen molar-refractivity contribution < 1.29 is 14.3 Å². The van der Waals surface area contributed by atoms with Crippen molar-refractivity contribution in [3.05, 3.63) is 11.6 Å². The number of aromatic nitrogens is 3. The van der Waals surface area contributed by atoms with Crippen molar-refractivity contribution in [3.8, 4) is 0 Å². The number of amides is 1. The fourth-order valence-corrected chi connectivity index (χ4v) is 3.07. The zero-order valence-electron chi connectivity index (χ0n) is 14.3. The van der Waals surface area contributed by atoms with Crippen molar-refractivity contribution in [2.24, 2.45) is 5.92 Å². The Hall–Kier alpha value is -1.51. The van der Waals surface area contributed by atoms with Crippen LogP contribution in [-0.4, -0.2) is 72.0 Å². The topological polar surface area (TPSA) is 92.4 Å². The summed E-state index contributed by atoms with van der Waals surface area (Å²) in [4.78, 5) is 18.7. The van der Waals surface area contributed by atoms with E-state index in [4.69, 9.17) is 9.47 Å². The van der Waals surface area contributed by atoms with Crippen LogP contribution in [0.4, 0.5) is 0 Å². The number of aryl methyl sites for hydroxylation is 1. The molecule has 0 bridgehead atoms. The molecule has 2 N–H and O–H groups in total. The Bertz CT molecular complexity index is 530. The van der Waals surface area contributed by atoms with Gasteiger partial charge in [0.25, 0.3) is 0 Å². The molecule has 1 aromatic heterocycles. The van der Waals surface area contributed by atoms with Gasteiger partial charge in [-0.05, 0) is 12.8 Å². The second kappa shape index (κ2) is 8.55. The van der Waals surface area contributed by atoms with Crippen LogP contribution in [0.25, 0.3) is 0 Å². The Kier molecular flexibility index (Phi) is 6.17. The summed E-state index contributed by atoms with van der Waals surface area (Å²) in [5.41, 5.74) is 0. The van der Waals surface area contributed by atoms with E-state index in [1.165, 1.54) is 0 Å². The fourth-order valence-electron chi connectivity index (χ4n) is 3.07. The number of morpholine rings is 1. The van der Waals surface area contributed by atoms with E-state index in [2.05, 4.69) is 32.3 Å². The second-order valence-corrected chi connectivity index (χ2v) is 6.52. The summed E-state index contributed by atoms with van der Waals surface area (Å²) in [6.07, 6.45) is 2.77. The third-order valence-corrected chi connectivity index (χ3v) is 4.45. The van der Waals surface area contributed by atoms with Gasteiger partial charge >= 0.3 is 0 Å². The monoisotopic (exact) mass is 337 g/mol. The molecule has 2 saturated heterocycles. The SMILES string of the molecule is CCCc1nc([C@H]2CN(CC(=O)NC[C@@H]3CCOC3)CCO2)n[nH]1. The first-order valence-electron chi connectivity index (χ1n) is 8.84. The average molecular weight is 337 g/mol. The van der Waals surface area contributed by atoms with E-state index in [0.29, 0.717) is 38.0 Å². The predicted octanol–water partition coefficient (Wildman–Crippen LogP) is 0.283. The number of carbonyl (C=O) groups excluding carboxylic acids is 1. The van der Waals surface area contributed by atoms with Gasteiger partial charge in [0, 0.05) is 38.6 Å². The summed E-state index contributed by atoms with van der Waals surface area (Å²) >= 11 is 0.